The monoisotopic (exact) mass is 318 g/mol. The summed E-state index contributed by atoms with van der Waals surface area (Å²) in [5, 5.41) is 13.7. The van der Waals surface area contributed by atoms with Gasteiger partial charge in [-0.3, -0.25) is 4.79 Å². The molecule has 22 heavy (non-hydrogen) atoms. The van der Waals surface area contributed by atoms with E-state index in [1.807, 2.05) is 0 Å². The lowest BCUT2D eigenvalue weighted by atomic mass is 9.72. The van der Waals surface area contributed by atoms with Crippen molar-refractivity contribution in [1.29, 1.82) is 0 Å². The van der Waals surface area contributed by atoms with Crippen LogP contribution in [-0.4, -0.2) is 46.7 Å². The lowest BCUT2D eigenvalue weighted by molar-refractivity contribution is -0.139. The number of β-amino-alcohol motifs (C(OH)–C–C–N with tert-alkyl or cyclic N) is 1. The second-order valence-electron chi connectivity index (χ2n) is 6.19. The van der Waals surface area contributed by atoms with Crippen molar-refractivity contribution in [2.24, 2.45) is 5.41 Å². The summed E-state index contributed by atoms with van der Waals surface area (Å²) >= 11 is 1.69. The molecule has 1 atom stereocenters. The average molecular weight is 318 g/mol. The summed E-state index contributed by atoms with van der Waals surface area (Å²) in [6.07, 6.45) is 2.67. The van der Waals surface area contributed by atoms with E-state index in [-0.39, 0.29) is 5.91 Å². The van der Waals surface area contributed by atoms with Gasteiger partial charge in [0.1, 0.15) is 17.0 Å². The standard InChI is InChI=1S/C15H18N4O2S/c1-2-10-3-11-12(17-8-18-13(11)22-10)19-6-15(7-19)4-9(20)5-16-14(15)21/h3,8-9,20H,2,4-7H2,1H3,(H,16,21). The predicted molar refractivity (Wildman–Crippen MR) is 85.1 cm³/mol. The minimum absolute atomic E-state index is 0.0546. The van der Waals surface area contributed by atoms with Gasteiger partial charge in [-0.25, -0.2) is 9.97 Å². The van der Waals surface area contributed by atoms with Crippen molar-refractivity contribution in [1.82, 2.24) is 15.3 Å². The fourth-order valence-electron chi connectivity index (χ4n) is 3.44. The molecule has 1 unspecified atom stereocenters. The van der Waals surface area contributed by atoms with E-state index in [2.05, 4.69) is 33.2 Å². The van der Waals surface area contributed by atoms with Gasteiger partial charge in [-0.1, -0.05) is 6.92 Å². The molecule has 2 fully saturated rings. The molecule has 7 heteroatoms. The van der Waals surface area contributed by atoms with E-state index in [1.165, 1.54) is 4.88 Å². The third kappa shape index (κ3) is 1.99. The highest BCUT2D eigenvalue weighted by molar-refractivity contribution is 7.18. The molecular weight excluding hydrogens is 300 g/mol. The molecule has 2 aliphatic heterocycles. The van der Waals surface area contributed by atoms with E-state index < -0.39 is 11.5 Å². The number of fused-ring (bicyclic) bond motifs is 1. The number of carbonyl (C=O) groups excluding carboxylic acids is 1. The Bertz CT molecular complexity index is 738. The summed E-state index contributed by atoms with van der Waals surface area (Å²) in [4.78, 5) is 25.3. The van der Waals surface area contributed by atoms with Gasteiger partial charge in [0.25, 0.3) is 0 Å². The van der Waals surface area contributed by atoms with Crippen molar-refractivity contribution in [2.75, 3.05) is 24.5 Å². The Morgan fingerprint density at radius 1 is 1.50 bits per heavy atom. The molecule has 2 aromatic rings. The molecule has 2 N–H and O–H groups in total. The fourth-order valence-corrected chi connectivity index (χ4v) is 4.37. The molecule has 2 saturated heterocycles. The minimum Gasteiger partial charge on any atom is -0.391 e. The molecule has 0 radical (unpaired) electrons. The van der Waals surface area contributed by atoms with Crippen molar-refractivity contribution < 1.29 is 9.90 Å². The second kappa shape index (κ2) is 4.89. The first kappa shape index (κ1) is 13.9. The molecule has 0 aliphatic carbocycles. The van der Waals surface area contributed by atoms with Gasteiger partial charge in [0.05, 0.1) is 16.9 Å². The number of carbonyl (C=O) groups is 1. The lowest BCUT2D eigenvalue weighted by Crippen LogP contribution is -2.68. The van der Waals surface area contributed by atoms with Crippen LogP contribution in [0, 0.1) is 5.41 Å². The Morgan fingerprint density at radius 3 is 3.09 bits per heavy atom. The SMILES string of the molecule is CCc1cc2c(N3CC4(CC(O)CNC4=O)C3)ncnc2s1. The van der Waals surface area contributed by atoms with Gasteiger partial charge in [-0.15, -0.1) is 11.3 Å². The quantitative estimate of drug-likeness (QED) is 0.862. The highest BCUT2D eigenvalue weighted by Crippen LogP contribution is 2.42. The maximum Gasteiger partial charge on any atom is 0.230 e. The number of rotatable bonds is 2. The number of nitrogens with one attached hydrogen (secondary N) is 1. The summed E-state index contributed by atoms with van der Waals surface area (Å²) in [7, 11) is 0. The number of thiophene rings is 1. The predicted octanol–water partition coefficient (Wildman–Crippen LogP) is 0.941. The van der Waals surface area contributed by atoms with Crippen molar-refractivity contribution in [3.8, 4) is 0 Å². The molecule has 4 heterocycles. The molecule has 0 aromatic carbocycles. The van der Waals surface area contributed by atoms with Gasteiger partial charge in [0.2, 0.25) is 5.91 Å². The van der Waals surface area contributed by atoms with Crippen LogP contribution < -0.4 is 10.2 Å². The Kier molecular flexibility index (Phi) is 3.09. The van der Waals surface area contributed by atoms with Crippen LogP contribution in [0.5, 0.6) is 0 Å². The molecule has 0 bridgehead atoms. The zero-order valence-corrected chi connectivity index (χ0v) is 13.2. The summed E-state index contributed by atoms with van der Waals surface area (Å²) in [6, 6.07) is 2.15. The van der Waals surface area contributed by atoms with E-state index in [0.29, 0.717) is 26.1 Å². The minimum atomic E-state index is -0.460. The summed E-state index contributed by atoms with van der Waals surface area (Å²) in [5.41, 5.74) is -0.460. The Morgan fingerprint density at radius 2 is 2.32 bits per heavy atom. The van der Waals surface area contributed by atoms with E-state index in [0.717, 1.165) is 22.5 Å². The van der Waals surface area contributed by atoms with Gasteiger partial charge in [-0.2, -0.15) is 0 Å². The molecule has 0 saturated carbocycles. The van der Waals surface area contributed by atoms with Crippen molar-refractivity contribution in [3.63, 3.8) is 0 Å². The number of piperidine rings is 1. The average Bonchev–Trinajstić information content (AvgIpc) is 2.90. The first-order valence-electron chi connectivity index (χ1n) is 7.56. The molecule has 1 amide bonds. The van der Waals surface area contributed by atoms with Gasteiger partial charge in [0, 0.05) is 24.5 Å². The van der Waals surface area contributed by atoms with Crippen molar-refractivity contribution in [2.45, 2.75) is 25.9 Å². The largest absolute Gasteiger partial charge is 0.391 e. The number of aliphatic hydroxyl groups excluding tert-OH is 1. The van der Waals surface area contributed by atoms with Gasteiger partial charge < -0.3 is 15.3 Å². The summed E-state index contributed by atoms with van der Waals surface area (Å²) < 4.78 is 0. The Labute approximate surface area is 132 Å². The van der Waals surface area contributed by atoms with Crippen LogP contribution in [0.2, 0.25) is 0 Å². The van der Waals surface area contributed by atoms with Crippen molar-refractivity contribution >= 4 is 33.3 Å². The number of nitrogens with zero attached hydrogens (tertiary/aromatic N) is 3. The molecule has 2 aliphatic rings. The smallest absolute Gasteiger partial charge is 0.230 e. The van der Waals surface area contributed by atoms with Crippen LogP contribution in [0.4, 0.5) is 5.82 Å². The molecular formula is C15H18N4O2S. The fraction of sp³-hybridized carbons (Fsp3) is 0.533. The van der Waals surface area contributed by atoms with Crippen molar-refractivity contribution in [3.05, 3.63) is 17.3 Å². The third-order valence-corrected chi connectivity index (χ3v) is 5.79. The van der Waals surface area contributed by atoms with Gasteiger partial charge in [0.15, 0.2) is 0 Å². The van der Waals surface area contributed by atoms with Crippen LogP contribution in [0.3, 0.4) is 0 Å². The summed E-state index contributed by atoms with van der Waals surface area (Å²) in [6.45, 7) is 3.71. The highest BCUT2D eigenvalue weighted by Gasteiger charge is 2.52. The van der Waals surface area contributed by atoms with E-state index in [9.17, 15) is 9.90 Å². The number of hydrogen-bond donors (Lipinski definition) is 2. The first-order valence-corrected chi connectivity index (χ1v) is 8.38. The number of hydrogen-bond acceptors (Lipinski definition) is 6. The van der Waals surface area contributed by atoms with Crippen LogP contribution in [0.1, 0.15) is 18.2 Å². The normalized spacial score (nSPS) is 23.6. The molecule has 2 aromatic heterocycles. The van der Waals surface area contributed by atoms with E-state index >= 15 is 0 Å². The molecule has 1 spiro atoms. The van der Waals surface area contributed by atoms with Crippen LogP contribution in [0.15, 0.2) is 12.4 Å². The number of aliphatic hydroxyl groups is 1. The number of anilines is 1. The third-order valence-electron chi connectivity index (χ3n) is 4.60. The maximum absolute atomic E-state index is 12.2. The highest BCUT2D eigenvalue weighted by atomic mass is 32.1. The topological polar surface area (TPSA) is 78.4 Å². The maximum atomic E-state index is 12.2. The van der Waals surface area contributed by atoms with Gasteiger partial charge >= 0.3 is 0 Å². The number of aromatic nitrogens is 2. The van der Waals surface area contributed by atoms with Crippen LogP contribution >= 0.6 is 11.3 Å². The van der Waals surface area contributed by atoms with Gasteiger partial charge in [-0.05, 0) is 18.9 Å². The zero-order valence-electron chi connectivity index (χ0n) is 12.4. The Hall–Kier alpha value is -1.73. The molecule has 116 valence electrons. The van der Waals surface area contributed by atoms with Crippen LogP contribution in [-0.2, 0) is 11.2 Å². The first-order chi connectivity index (χ1) is 10.6. The zero-order chi connectivity index (χ0) is 15.3. The Balaban J connectivity index is 1.62. The molecule has 6 nitrogen and oxygen atoms in total. The second-order valence-corrected chi connectivity index (χ2v) is 7.30. The molecule has 4 rings (SSSR count). The van der Waals surface area contributed by atoms with Crippen LogP contribution in [0.25, 0.3) is 10.2 Å². The lowest BCUT2D eigenvalue weighted by Gasteiger charge is -2.52. The summed E-state index contributed by atoms with van der Waals surface area (Å²) in [5.74, 6) is 0.957. The number of aryl methyl sites for hydroxylation is 1. The van der Waals surface area contributed by atoms with E-state index in [1.54, 1.807) is 17.7 Å². The number of amides is 1. The van der Waals surface area contributed by atoms with E-state index in [4.69, 9.17) is 0 Å².